The van der Waals surface area contributed by atoms with Gasteiger partial charge in [0.05, 0.1) is 19.6 Å². The molecular weight excluding hydrogens is 731 g/mol. The first kappa shape index (κ1) is 47.7. The summed E-state index contributed by atoms with van der Waals surface area (Å²) in [6, 6.07) is 11.9. The predicted octanol–water partition coefficient (Wildman–Crippen LogP) is 12.6. The average Bonchev–Trinajstić information content (AvgIpc) is 3.05. The van der Waals surface area contributed by atoms with Gasteiger partial charge in [0.2, 0.25) is 0 Å². The topological polar surface area (TPSA) is 163 Å². The smallest absolute Gasteiger partial charge is 0.507 e. The van der Waals surface area contributed by atoms with E-state index >= 15 is 0 Å². The van der Waals surface area contributed by atoms with Gasteiger partial charge in [0.25, 0.3) is 0 Å². The minimum absolute atomic E-state index is 0.00754. The quantitative estimate of drug-likeness (QED) is 0.0938. The number of phenols is 3. The molecule has 3 N–H and O–H groups in total. The summed E-state index contributed by atoms with van der Waals surface area (Å²) in [4.78, 5) is 0. The highest BCUT2D eigenvalue weighted by Gasteiger charge is 2.33. The summed E-state index contributed by atoms with van der Waals surface area (Å²) in [5.74, 6) is 0.439. The Hall–Kier alpha value is -4.68. The van der Waals surface area contributed by atoms with Crippen LogP contribution in [0.3, 0.4) is 0 Å². The first-order chi connectivity index (χ1) is 26.3. The van der Waals surface area contributed by atoms with Gasteiger partial charge in [-0.05, 0) is 84.1 Å². The van der Waals surface area contributed by atoms with Gasteiger partial charge in [-0.1, -0.05) is 143 Å². The van der Waals surface area contributed by atoms with Gasteiger partial charge in [0.15, 0.2) is 0 Å². The third kappa shape index (κ3) is 12.9. The Kier molecular flexibility index (Phi) is 14.5. The van der Waals surface area contributed by atoms with E-state index in [9.17, 15) is 15.3 Å². The van der Waals surface area contributed by atoms with E-state index < -0.39 is 7.32 Å². The molecule has 0 aliphatic rings. The molecule has 318 valence electrons. The van der Waals surface area contributed by atoms with Crippen LogP contribution in [0, 0.1) is 0 Å². The molecule has 0 saturated carbocycles. The molecule has 0 aliphatic heterocycles. The third-order valence-electron chi connectivity index (χ3n) is 9.88. The van der Waals surface area contributed by atoms with Crippen molar-refractivity contribution >= 4 is 7.32 Å². The molecule has 12 nitrogen and oxygen atoms in total. The Bertz CT molecular complexity index is 1760. The van der Waals surface area contributed by atoms with Crippen molar-refractivity contribution in [2.45, 2.75) is 177 Å². The Morgan fingerprint density at radius 2 is 0.603 bits per heavy atom. The molecule has 58 heavy (non-hydrogen) atoms. The van der Waals surface area contributed by atoms with E-state index in [0.717, 1.165) is 33.4 Å². The maximum Gasteiger partial charge on any atom is 0.933 e. The number of rotatable bonds is 12. The van der Waals surface area contributed by atoms with Gasteiger partial charge in [-0.2, -0.15) is 15.3 Å². The van der Waals surface area contributed by atoms with Gasteiger partial charge >= 0.3 is 7.32 Å². The van der Waals surface area contributed by atoms with Crippen LogP contribution in [-0.2, 0) is 66.4 Å². The maximum atomic E-state index is 11.2. The zero-order chi connectivity index (χ0) is 44.2. The number of benzene rings is 3. The summed E-state index contributed by atoms with van der Waals surface area (Å²) >= 11 is 0. The summed E-state index contributed by atoms with van der Waals surface area (Å²) < 4.78 is 16.3. The number of aromatic hydroxyl groups is 3. The van der Waals surface area contributed by atoms with Crippen LogP contribution in [0.5, 0.6) is 17.2 Å². The zero-order valence-corrected chi connectivity index (χ0v) is 38.4. The largest absolute Gasteiger partial charge is 0.933 e. The van der Waals surface area contributed by atoms with Crippen molar-refractivity contribution in [1.82, 2.24) is 0 Å². The van der Waals surface area contributed by atoms with Gasteiger partial charge in [-0.3, -0.25) is 0 Å². The third-order valence-corrected chi connectivity index (χ3v) is 9.88. The van der Waals surface area contributed by atoms with Crippen molar-refractivity contribution in [2.24, 2.45) is 31.2 Å². The SMILES string of the molecule is CC(C)(C)c1cc(CN=NOB(ON=NCc2cc(C(C)(C)C)cc(C(C)(C)C)c2O)ON=NCc2cc(C(C)(C)C)cc(C(C)(C)C)c2O)c(O)c(C(C)(C)C)c1. The van der Waals surface area contributed by atoms with Gasteiger partial charge in [-0.15, -0.1) is 0 Å². The molecule has 0 bridgehead atoms. The van der Waals surface area contributed by atoms with Crippen LogP contribution in [0.25, 0.3) is 0 Å². The summed E-state index contributed by atoms with van der Waals surface area (Å²) in [6.07, 6.45) is 0. The molecule has 0 amide bonds. The van der Waals surface area contributed by atoms with E-state index in [-0.39, 0.29) is 69.4 Å². The van der Waals surface area contributed by atoms with Crippen molar-refractivity contribution in [1.29, 1.82) is 0 Å². The molecule has 0 fully saturated rings. The van der Waals surface area contributed by atoms with Crippen LogP contribution >= 0.6 is 0 Å². The number of phenolic OH excluding ortho intramolecular Hbond substituents is 3. The molecule has 0 aromatic heterocycles. The predicted molar refractivity (Wildman–Crippen MR) is 231 cm³/mol. The Labute approximate surface area is 347 Å². The highest BCUT2D eigenvalue weighted by atomic mass is 16.9. The first-order valence-electron chi connectivity index (χ1n) is 20.0. The standard InChI is InChI=1S/C45H69BN6O6/c1-40(2,3)31-19-28(37(53)34(22-31)43(10,11)12)25-47-50-56-46(57-51-48-26-29-20-32(41(4,5)6)23-35(38(29)54)44(13,14)15)58-52-49-27-30-21-33(42(7,8)9)24-36(39(30)55)45(16,17)18/h19-24,53-55H,25-27H2,1-18H3. The van der Waals surface area contributed by atoms with Crippen molar-refractivity contribution in [3.05, 3.63) is 86.5 Å². The normalized spacial score (nSPS) is 13.6. The Balaban J connectivity index is 1.92. The fourth-order valence-corrected chi connectivity index (χ4v) is 6.05. The van der Waals surface area contributed by atoms with Crippen LogP contribution < -0.4 is 0 Å². The minimum Gasteiger partial charge on any atom is -0.507 e. The minimum atomic E-state index is -1.66. The molecule has 0 aliphatic carbocycles. The number of hydrogen-bond donors (Lipinski definition) is 3. The second-order valence-electron chi connectivity index (χ2n) is 21.3. The van der Waals surface area contributed by atoms with Gasteiger partial charge in [0, 0.05) is 32.5 Å². The van der Waals surface area contributed by atoms with Crippen molar-refractivity contribution in [3.8, 4) is 17.2 Å². The Morgan fingerprint density at radius 1 is 0.379 bits per heavy atom. The van der Waals surface area contributed by atoms with E-state index in [2.05, 4.69) is 93.5 Å². The van der Waals surface area contributed by atoms with Crippen LogP contribution in [0.1, 0.15) is 175 Å². The molecular formula is C45H69BN6O6. The fourth-order valence-electron chi connectivity index (χ4n) is 6.05. The second-order valence-corrected chi connectivity index (χ2v) is 21.3. The molecule has 0 heterocycles. The fraction of sp³-hybridized carbons (Fsp3) is 0.600. The van der Waals surface area contributed by atoms with Crippen molar-refractivity contribution in [3.63, 3.8) is 0 Å². The average molecular weight is 801 g/mol. The van der Waals surface area contributed by atoms with E-state index in [4.69, 9.17) is 14.3 Å². The molecule has 3 aromatic carbocycles. The molecule has 0 spiro atoms. The summed E-state index contributed by atoms with van der Waals surface area (Å²) in [5.41, 5.74) is 5.88. The van der Waals surface area contributed by atoms with E-state index in [1.165, 1.54) is 0 Å². The second kappa shape index (κ2) is 17.7. The number of nitrogens with zero attached hydrogens (tertiary/aromatic N) is 6. The van der Waals surface area contributed by atoms with Crippen LogP contribution in [0.2, 0.25) is 0 Å². The lowest BCUT2D eigenvalue weighted by Gasteiger charge is -2.27. The summed E-state index contributed by atoms with van der Waals surface area (Å²) in [6.45, 7) is 37.4. The molecule has 0 saturated heterocycles. The molecule has 0 unspecified atom stereocenters. The molecule has 13 heteroatoms. The molecule has 3 rings (SSSR count). The Morgan fingerprint density at radius 3 is 0.793 bits per heavy atom. The van der Waals surface area contributed by atoms with Gasteiger partial charge in [-0.25, -0.2) is 0 Å². The number of hydrogen-bond acceptors (Lipinski definition) is 12. The van der Waals surface area contributed by atoms with Crippen molar-refractivity contribution in [2.75, 3.05) is 0 Å². The van der Waals surface area contributed by atoms with Crippen molar-refractivity contribution < 1.29 is 29.6 Å². The highest BCUT2D eigenvalue weighted by molar-refractivity contribution is 6.35. The van der Waals surface area contributed by atoms with Gasteiger partial charge in [0.1, 0.15) is 17.2 Å². The van der Waals surface area contributed by atoms with Gasteiger partial charge < -0.3 is 29.6 Å². The summed E-state index contributed by atoms with van der Waals surface area (Å²) in [5, 5.41) is 57.6. The van der Waals surface area contributed by atoms with Crippen LogP contribution in [0.15, 0.2) is 67.6 Å². The lowest BCUT2D eigenvalue weighted by Crippen LogP contribution is -2.20. The van der Waals surface area contributed by atoms with E-state index in [0.29, 0.717) is 16.7 Å². The van der Waals surface area contributed by atoms with E-state index in [1.807, 2.05) is 98.7 Å². The highest BCUT2D eigenvalue weighted by Crippen LogP contribution is 2.40. The maximum absolute atomic E-state index is 11.2. The van der Waals surface area contributed by atoms with Crippen LogP contribution in [0.4, 0.5) is 0 Å². The van der Waals surface area contributed by atoms with E-state index in [1.54, 1.807) is 0 Å². The lowest BCUT2D eigenvalue weighted by atomic mass is 9.79. The first-order valence-corrected chi connectivity index (χ1v) is 20.0. The lowest BCUT2D eigenvalue weighted by molar-refractivity contribution is 0.0778. The van der Waals surface area contributed by atoms with Crippen LogP contribution in [-0.4, -0.2) is 22.6 Å². The molecule has 0 atom stereocenters. The molecule has 0 radical (unpaired) electrons. The molecule has 3 aromatic rings. The monoisotopic (exact) mass is 801 g/mol. The summed E-state index contributed by atoms with van der Waals surface area (Å²) in [7, 11) is -1.66. The zero-order valence-electron chi connectivity index (χ0n) is 38.4.